The molecule has 7 nitrogen and oxygen atoms in total. The fourth-order valence-electron chi connectivity index (χ4n) is 5.27. The van der Waals surface area contributed by atoms with Crippen LogP contribution in [0.3, 0.4) is 0 Å². The smallest absolute Gasteiger partial charge is 0.296 e. The minimum Gasteiger partial charge on any atom is -0.493 e. The number of aromatic hydroxyl groups is 1. The van der Waals surface area contributed by atoms with Gasteiger partial charge in [0.15, 0.2) is 4.90 Å². The van der Waals surface area contributed by atoms with E-state index < -0.39 is 38.2 Å². The van der Waals surface area contributed by atoms with Gasteiger partial charge in [0.25, 0.3) is 5.56 Å². The molecule has 0 unspecified atom stereocenters. The van der Waals surface area contributed by atoms with Crippen molar-refractivity contribution in [1.29, 1.82) is 0 Å². The highest BCUT2D eigenvalue weighted by molar-refractivity contribution is 7.91. The van der Waals surface area contributed by atoms with Crippen molar-refractivity contribution >= 4 is 9.84 Å². The van der Waals surface area contributed by atoms with E-state index in [4.69, 9.17) is 0 Å². The number of hydrogen-bond acceptors (Lipinski definition) is 6. The molecule has 1 fully saturated rings. The molecule has 196 valence electrons. The molecule has 1 aliphatic carbocycles. The van der Waals surface area contributed by atoms with Crippen LogP contribution in [0.4, 0.5) is 4.39 Å². The van der Waals surface area contributed by atoms with E-state index in [-0.39, 0.29) is 10.8 Å². The summed E-state index contributed by atoms with van der Waals surface area (Å²) < 4.78 is 42.2. The SMILES string of the molecule is CC[C@@H](c1ccccc1)n1c(C2CCCC2)nc(=O)c(S(=O)(=O)c2ccc(-c3ccc(F)nc3)cc2)c1O. The molecule has 0 radical (unpaired) electrons. The fraction of sp³-hybridized carbons (Fsp3) is 0.276. The van der Waals surface area contributed by atoms with Gasteiger partial charge in [-0.2, -0.15) is 9.37 Å². The van der Waals surface area contributed by atoms with E-state index in [2.05, 4.69) is 9.97 Å². The van der Waals surface area contributed by atoms with Gasteiger partial charge in [-0.05, 0) is 54.7 Å². The first-order valence-electron chi connectivity index (χ1n) is 12.7. The molecule has 5 rings (SSSR count). The minimum atomic E-state index is -4.41. The molecule has 1 N–H and O–H groups in total. The lowest BCUT2D eigenvalue weighted by Crippen LogP contribution is -2.28. The molecular formula is C29H28FN3O4S. The summed E-state index contributed by atoms with van der Waals surface area (Å²) in [6.45, 7) is 1.95. The summed E-state index contributed by atoms with van der Waals surface area (Å²) >= 11 is 0. The lowest BCUT2D eigenvalue weighted by Gasteiger charge is -2.27. The van der Waals surface area contributed by atoms with Gasteiger partial charge in [0.2, 0.25) is 21.7 Å². The Labute approximate surface area is 220 Å². The fourth-order valence-corrected chi connectivity index (χ4v) is 6.61. The van der Waals surface area contributed by atoms with Crippen molar-refractivity contribution in [3.63, 3.8) is 0 Å². The lowest BCUT2D eigenvalue weighted by molar-refractivity contribution is 0.352. The van der Waals surface area contributed by atoms with Gasteiger partial charge in [-0.25, -0.2) is 13.4 Å². The van der Waals surface area contributed by atoms with Gasteiger partial charge in [-0.15, -0.1) is 0 Å². The number of halogens is 1. The van der Waals surface area contributed by atoms with Crippen molar-refractivity contribution in [2.45, 2.75) is 60.8 Å². The Morgan fingerprint density at radius 1 is 1.00 bits per heavy atom. The zero-order valence-electron chi connectivity index (χ0n) is 20.9. The van der Waals surface area contributed by atoms with E-state index in [0.717, 1.165) is 31.2 Å². The molecule has 0 amide bonds. The second-order valence-electron chi connectivity index (χ2n) is 9.51. The van der Waals surface area contributed by atoms with Crippen LogP contribution in [-0.2, 0) is 9.84 Å². The molecule has 2 aromatic heterocycles. The number of aromatic nitrogens is 3. The summed E-state index contributed by atoms with van der Waals surface area (Å²) in [5, 5.41) is 11.5. The molecule has 1 atom stereocenters. The van der Waals surface area contributed by atoms with Crippen LogP contribution >= 0.6 is 0 Å². The molecule has 0 aliphatic heterocycles. The summed E-state index contributed by atoms with van der Waals surface area (Å²) in [6, 6.07) is 17.7. The third-order valence-corrected chi connectivity index (χ3v) is 8.97. The van der Waals surface area contributed by atoms with Crippen molar-refractivity contribution < 1.29 is 17.9 Å². The molecule has 0 spiro atoms. The third-order valence-electron chi connectivity index (χ3n) is 7.19. The van der Waals surface area contributed by atoms with Crippen LogP contribution in [0.1, 0.15) is 62.4 Å². The first-order valence-corrected chi connectivity index (χ1v) is 14.2. The molecule has 0 saturated heterocycles. The number of rotatable bonds is 7. The second kappa shape index (κ2) is 10.5. The van der Waals surface area contributed by atoms with Crippen LogP contribution in [0.25, 0.3) is 11.1 Å². The predicted molar refractivity (Wildman–Crippen MR) is 141 cm³/mol. The summed E-state index contributed by atoms with van der Waals surface area (Å²) in [6.07, 6.45) is 5.52. The molecule has 2 aromatic carbocycles. The predicted octanol–water partition coefficient (Wildman–Crippen LogP) is 5.64. The van der Waals surface area contributed by atoms with Crippen LogP contribution in [0.2, 0.25) is 0 Å². The Bertz CT molecular complexity index is 1600. The van der Waals surface area contributed by atoms with Gasteiger partial charge in [0.05, 0.1) is 10.9 Å². The maximum Gasteiger partial charge on any atom is 0.296 e. The first kappa shape index (κ1) is 25.8. The van der Waals surface area contributed by atoms with Gasteiger partial charge in [-0.3, -0.25) is 9.36 Å². The molecule has 38 heavy (non-hydrogen) atoms. The van der Waals surface area contributed by atoms with Crippen LogP contribution in [0, 0.1) is 5.95 Å². The molecular weight excluding hydrogens is 505 g/mol. The number of benzene rings is 2. The highest BCUT2D eigenvalue weighted by atomic mass is 32.2. The van der Waals surface area contributed by atoms with E-state index >= 15 is 0 Å². The van der Waals surface area contributed by atoms with Crippen molar-refractivity contribution in [3.8, 4) is 17.0 Å². The van der Waals surface area contributed by atoms with Crippen molar-refractivity contribution in [3.05, 3.63) is 101 Å². The Morgan fingerprint density at radius 2 is 1.66 bits per heavy atom. The third kappa shape index (κ3) is 4.74. The van der Waals surface area contributed by atoms with Gasteiger partial charge >= 0.3 is 0 Å². The molecule has 2 heterocycles. The summed E-state index contributed by atoms with van der Waals surface area (Å²) in [7, 11) is -4.41. The average Bonchev–Trinajstić information content (AvgIpc) is 3.46. The van der Waals surface area contributed by atoms with Crippen LogP contribution in [-0.4, -0.2) is 28.1 Å². The Hall–Kier alpha value is -3.85. The minimum absolute atomic E-state index is 0.0354. The van der Waals surface area contributed by atoms with E-state index in [1.165, 1.54) is 30.5 Å². The van der Waals surface area contributed by atoms with Gasteiger partial charge in [0, 0.05) is 17.7 Å². The lowest BCUT2D eigenvalue weighted by atomic mass is 10.0. The maximum absolute atomic E-state index is 13.7. The van der Waals surface area contributed by atoms with E-state index in [9.17, 15) is 22.7 Å². The number of pyridine rings is 1. The molecule has 0 bridgehead atoms. The zero-order chi connectivity index (χ0) is 26.9. The van der Waals surface area contributed by atoms with E-state index in [1.807, 2.05) is 37.3 Å². The molecule has 4 aromatic rings. The molecule has 1 aliphatic rings. The largest absolute Gasteiger partial charge is 0.493 e. The quantitative estimate of drug-likeness (QED) is 0.309. The first-order chi connectivity index (χ1) is 18.3. The normalized spacial score (nSPS) is 15.0. The monoisotopic (exact) mass is 533 g/mol. The Kier molecular flexibility index (Phi) is 7.12. The molecule has 9 heteroatoms. The van der Waals surface area contributed by atoms with Crippen molar-refractivity contribution in [1.82, 2.24) is 14.5 Å². The Morgan fingerprint density at radius 3 is 2.26 bits per heavy atom. The second-order valence-corrected chi connectivity index (χ2v) is 11.4. The van der Waals surface area contributed by atoms with Crippen LogP contribution in [0.5, 0.6) is 5.88 Å². The van der Waals surface area contributed by atoms with Gasteiger partial charge in [-0.1, -0.05) is 62.2 Å². The van der Waals surface area contributed by atoms with Crippen molar-refractivity contribution in [2.24, 2.45) is 0 Å². The zero-order valence-corrected chi connectivity index (χ0v) is 21.7. The maximum atomic E-state index is 13.7. The Balaban J connectivity index is 1.64. The van der Waals surface area contributed by atoms with Gasteiger partial charge < -0.3 is 5.11 Å². The summed E-state index contributed by atoms with van der Waals surface area (Å²) in [4.78, 5) is 20.3. The summed E-state index contributed by atoms with van der Waals surface area (Å²) in [5.74, 6) is -0.811. The summed E-state index contributed by atoms with van der Waals surface area (Å²) in [5.41, 5.74) is 1.16. The van der Waals surface area contributed by atoms with E-state index in [0.29, 0.717) is 23.4 Å². The number of sulfone groups is 1. The van der Waals surface area contributed by atoms with E-state index in [1.54, 1.807) is 16.7 Å². The highest BCUT2D eigenvalue weighted by Crippen LogP contribution is 2.39. The van der Waals surface area contributed by atoms with Crippen molar-refractivity contribution in [2.75, 3.05) is 0 Å². The van der Waals surface area contributed by atoms with Crippen LogP contribution < -0.4 is 5.56 Å². The topological polar surface area (TPSA) is 102 Å². The highest BCUT2D eigenvalue weighted by Gasteiger charge is 2.34. The van der Waals surface area contributed by atoms with Crippen LogP contribution in [0.15, 0.2) is 87.5 Å². The standard InChI is InChI=1S/C29H28FN3O4S/c1-2-24(20-8-4-3-5-9-20)33-27(21-10-6-7-11-21)32-28(34)26(29(33)35)38(36,37)23-15-12-19(13-16-23)22-14-17-25(30)31-18-22/h3-5,8-9,12-18,21,24,35H,2,6-7,10-11H2,1H3/t24-/m0/s1. The average molecular weight is 534 g/mol. The molecule has 1 saturated carbocycles. The van der Waals surface area contributed by atoms with Gasteiger partial charge in [0.1, 0.15) is 5.82 Å². The number of hydrogen-bond donors (Lipinski definition) is 1. The number of nitrogens with zero attached hydrogens (tertiary/aromatic N) is 3.